The summed E-state index contributed by atoms with van der Waals surface area (Å²) in [5.74, 6) is 6.90. The van der Waals surface area contributed by atoms with Gasteiger partial charge in [-0.25, -0.2) is 0 Å². The number of halogens is 3. The maximum atomic E-state index is 14.3. The Morgan fingerprint density at radius 2 is 1.18 bits per heavy atom. The number of nitrogens with one attached hydrogen (secondary N) is 3. The van der Waals surface area contributed by atoms with Crippen LogP contribution in [0.15, 0.2) is 60.7 Å². The molecule has 8 atom stereocenters. The van der Waals surface area contributed by atoms with Crippen LogP contribution in [0, 0.1) is 29.6 Å². The summed E-state index contributed by atoms with van der Waals surface area (Å²) in [5.41, 5.74) is 2.03. The van der Waals surface area contributed by atoms with Gasteiger partial charge in [-0.2, -0.15) is 13.2 Å². The van der Waals surface area contributed by atoms with Gasteiger partial charge in [-0.15, -0.1) is 0 Å². The Hall–Kier alpha value is -5.95. The average molecular weight is 1010 g/mol. The Kier molecular flexibility index (Phi) is 24.0. The molecule has 4 rings (SSSR count). The Balaban J connectivity index is 1.38. The van der Waals surface area contributed by atoms with Gasteiger partial charge in [-0.05, 0) is 102 Å². The van der Waals surface area contributed by atoms with E-state index in [9.17, 15) is 41.9 Å². The summed E-state index contributed by atoms with van der Waals surface area (Å²) in [4.78, 5) is 85.8. The molecular weight excluding hydrogens is 932 g/mol. The van der Waals surface area contributed by atoms with Gasteiger partial charge >= 0.3 is 12.1 Å². The molecule has 0 aromatic heterocycles. The number of amides is 6. The van der Waals surface area contributed by atoms with E-state index in [1.807, 2.05) is 67.6 Å². The topological polar surface area (TPSA) is 170 Å². The van der Waals surface area contributed by atoms with Crippen molar-refractivity contribution in [2.75, 3.05) is 59.5 Å². The number of aryl methyl sites for hydroxylation is 1. The predicted octanol–water partition coefficient (Wildman–Crippen LogP) is 4.52. The quantitative estimate of drug-likeness (QED) is 0.121. The van der Waals surface area contributed by atoms with E-state index < -0.39 is 60.3 Å². The van der Waals surface area contributed by atoms with Crippen LogP contribution in [-0.4, -0.2) is 163 Å². The molecule has 0 aliphatic carbocycles. The fourth-order valence-corrected chi connectivity index (χ4v) is 8.71. The molecule has 2 heterocycles. The monoisotopic (exact) mass is 1010 g/mol. The maximum Gasteiger partial charge on any atom is 0.471 e. The average Bonchev–Trinajstić information content (AvgIpc) is 4.05. The first kappa shape index (κ1) is 58.6. The molecule has 0 radical (unpaired) electrons. The van der Waals surface area contributed by atoms with Crippen LogP contribution in [0.2, 0.25) is 0 Å². The van der Waals surface area contributed by atoms with Gasteiger partial charge in [-0.1, -0.05) is 86.4 Å². The lowest BCUT2D eigenvalue weighted by Crippen LogP contribution is -2.59. The lowest BCUT2D eigenvalue weighted by Gasteiger charge is -2.35. The Bertz CT molecular complexity index is 2210. The molecule has 2 aliphatic rings. The van der Waals surface area contributed by atoms with E-state index >= 15 is 0 Å². The second-order valence-electron chi connectivity index (χ2n) is 18.6. The Morgan fingerprint density at radius 3 is 1.64 bits per heavy atom. The second kappa shape index (κ2) is 29.5. The molecule has 2 aromatic rings. The van der Waals surface area contributed by atoms with E-state index in [0.29, 0.717) is 58.2 Å². The molecule has 15 nitrogen and oxygen atoms in total. The Labute approximate surface area is 423 Å². The van der Waals surface area contributed by atoms with E-state index in [0.717, 1.165) is 22.4 Å². The largest absolute Gasteiger partial charge is 0.471 e. The van der Waals surface area contributed by atoms with E-state index in [1.165, 1.54) is 11.8 Å². The third-order valence-corrected chi connectivity index (χ3v) is 13.4. The SMILES string of the molecule is CC[C@@H](C)C(=O)NC(C(=O)N1CCC[C@H]1CN(CCc1ccccc1)C(C)=O)[C@@H](C)OCC#CC#CCO[C@H](C)C(NC(=O)[C@H](C)NC)C(=O)N1CCC[C@H]1CN(CCCc1ccccc1)C(=O)C(F)(F)F. The lowest BCUT2D eigenvalue weighted by atomic mass is 10.1. The van der Waals surface area contributed by atoms with Gasteiger partial charge in [0.05, 0.1) is 18.2 Å². The van der Waals surface area contributed by atoms with E-state index in [1.54, 1.807) is 44.5 Å². The number of likely N-dealkylation sites (tertiary alicyclic amines) is 2. The smallest absolute Gasteiger partial charge is 0.363 e. The number of carbonyl (C=O) groups excluding carboxylic acids is 6. The van der Waals surface area contributed by atoms with Gasteiger partial charge < -0.3 is 45.0 Å². The minimum absolute atomic E-state index is 0.0820. The fourth-order valence-electron chi connectivity index (χ4n) is 8.71. The van der Waals surface area contributed by atoms with Crippen molar-refractivity contribution in [3.8, 4) is 23.7 Å². The minimum Gasteiger partial charge on any atom is -0.363 e. The molecule has 72 heavy (non-hydrogen) atoms. The van der Waals surface area contributed by atoms with Crippen LogP contribution in [-0.2, 0) is 51.1 Å². The van der Waals surface area contributed by atoms with Crippen molar-refractivity contribution >= 4 is 35.4 Å². The number of hydrogen-bond acceptors (Lipinski definition) is 9. The fraction of sp³-hybridized carbons (Fsp3) is 0.593. The minimum atomic E-state index is -5.10. The van der Waals surface area contributed by atoms with Crippen LogP contribution >= 0.6 is 0 Å². The normalized spacial score (nSPS) is 18.0. The van der Waals surface area contributed by atoms with Crippen molar-refractivity contribution in [1.29, 1.82) is 0 Å². The predicted molar refractivity (Wildman–Crippen MR) is 267 cm³/mol. The van der Waals surface area contributed by atoms with Crippen LogP contribution in [0.1, 0.15) is 91.2 Å². The summed E-state index contributed by atoms with van der Waals surface area (Å²) >= 11 is 0. The summed E-state index contributed by atoms with van der Waals surface area (Å²) in [6, 6.07) is 15.2. The van der Waals surface area contributed by atoms with Gasteiger partial charge in [0.15, 0.2) is 0 Å². The lowest BCUT2D eigenvalue weighted by molar-refractivity contribution is -0.186. The van der Waals surface area contributed by atoms with Crippen LogP contribution < -0.4 is 16.0 Å². The summed E-state index contributed by atoms with van der Waals surface area (Å²) in [6.45, 7) is 10.8. The molecule has 2 aliphatic heterocycles. The number of alkyl halides is 3. The molecule has 6 amide bonds. The molecule has 2 aromatic carbocycles. The number of ether oxygens (including phenoxy) is 2. The first-order valence-electron chi connectivity index (χ1n) is 25.1. The van der Waals surface area contributed by atoms with Crippen LogP contribution in [0.4, 0.5) is 13.2 Å². The summed E-state index contributed by atoms with van der Waals surface area (Å²) < 4.78 is 53.4. The zero-order chi connectivity index (χ0) is 52.8. The molecule has 2 unspecified atom stereocenters. The number of nitrogens with zero attached hydrogens (tertiary/aromatic N) is 4. The van der Waals surface area contributed by atoms with Crippen molar-refractivity contribution in [3.05, 3.63) is 71.8 Å². The molecule has 2 saturated heterocycles. The highest BCUT2D eigenvalue weighted by Crippen LogP contribution is 2.26. The molecular formula is C54H74F3N7O8. The molecule has 0 bridgehead atoms. The summed E-state index contributed by atoms with van der Waals surface area (Å²) in [5, 5.41) is 8.48. The molecule has 2 fully saturated rings. The molecule has 3 N–H and O–H groups in total. The molecule has 0 saturated carbocycles. The van der Waals surface area contributed by atoms with Gasteiger partial charge in [0.2, 0.25) is 29.5 Å². The summed E-state index contributed by atoms with van der Waals surface area (Å²) in [6.07, 6.45) is -2.50. The zero-order valence-corrected chi connectivity index (χ0v) is 42.9. The molecule has 0 spiro atoms. The van der Waals surface area contributed by atoms with E-state index in [2.05, 4.69) is 39.6 Å². The van der Waals surface area contributed by atoms with Crippen molar-refractivity contribution in [1.82, 2.24) is 35.6 Å². The number of benzene rings is 2. The van der Waals surface area contributed by atoms with Gasteiger partial charge in [-0.3, -0.25) is 28.8 Å². The van der Waals surface area contributed by atoms with E-state index in [4.69, 9.17) is 9.47 Å². The number of rotatable bonds is 25. The van der Waals surface area contributed by atoms with Crippen LogP contribution in [0.3, 0.4) is 0 Å². The van der Waals surface area contributed by atoms with Crippen molar-refractivity contribution in [2.24, 2.45) is 5.92 Å². The number of hydrogen-bond donors (Lipinski definition) is 3. The highest BCUT2D eigenvalue weighted by Gasteiger charge is 2.45. The van der Waals surface area contributed by atoms with Crippen LogP contribution in [0.25, 0.3) is 0 Å². The van der Waals surface area contributed by atoms with Crippen LogP contribution in [0.5, 0.6) is 0 Å². The first-order chi connectivity index (χ1) is 34.4. The summed E-state index contributed by atoms with van der Waals surface area (Å²) in [7, 11) is 1.58. The number of likely N-dealkylation sites (N-methyl/N-ethyl adjacent to an activating group) is 1. The standard InChI is InChI=1S/C54H74F3N7O8/c1-8-38(2)49(66)59-47(51(68)63-31-20-27-45(63)36-61(42(6)65)33-29-44-24-15-12-16-25-44)40(4)71-34-17-9-10-18-35-72-41(5)48(60-50(67)39(3)58-7)52(69)64-32-21-28-46(64)37-62(53(70)54(55,56)57)30-19-26-43-22-13-11-14-23-43/h11-16,22-25,38-41,45-48,58H,8,19-21,26-37H2,1-7H3,(H,59,66)(H,60,67)/t38-,39+,40-,41-,45+,46+,47?,48?/m1/s1. The Morgan fingerprint density at radius 1 is 0.708 bits per heavy atom. The highest BCUT2D eigenvalue weighted by molar-refractivity contribution is 5.91. The van der Waals surface area contributed by atoms with E-state index in [-0.39, 0.29) is 69.0 Å². The number of carbonyl (C=O) groups is 6. The molecule has 394 valence electrons. The zero-order valence-electron chi connectivity index (χ0n) is 42.9. The van der Waals surface area contributed by atoms with Gasteiger partial charge in [0.25, 0.3) is 0 Å². The van der Waals surface area contributed by atoms with Crippen molar-refractivity contribution < 1.29 is 51.4 Å². The molecule has 18 heteroatoms. The second-order valence-corrected chi connectivity index (χ2v) is 18.6. The van der Waals surface area contributed by atoms with Gasteiger partial charge in [0, 0.05) is 64.2 Å². The highest BCUT2D eigenvalue weighted by atomic mass is 19.4. The van der Waals surface area contributed by atoms with Crippen molar-refractivity contribution in [2.45, 2.75) is 142 Å². The third-order valence-electron chi connectivity index (χ3n) is 13.4. The first-order valence-corrected chi connectivity index (χ1v) is 25.1. The van der Waals surface area contributed by atoms with Gasteiger partial charge in [0.1, 0.15) is 25.3 Å². The maximum absolute atomic E-state index is 14.3. The third kappa shape index (κ3) is 18.3. The van der Waals surface area contributed by atoms with Crippen molar-refractivity contribution in [3.63, 3.8) is 0 Å².